The van der Waals surface area contributed by atoms with Gasteiger partial charge < -0.3 is 0 Å². The Morgan fingerprint density at radius 3 is 2.83 bits per heavy atom. The van der Waals surface area contributed by atoms with E-state index in [-0.39, 0.29) is 11.5 Å². The largest absolute Gasteiger partial charge is 0.293 e. The number of hydrogen-bond donors (Lipinski definition) is 1. The lowest BCUT2D eigenvalue weighted by atomic mass is 10.2. The van der Waals surface area contributed by atoms with E-state index in [1.165, 1.54) is 11.8 Å². The highest BCUT2D eigenvalue weighted by Gasteiger charge is 2.07. The summed E-state index contributed by atoms with van der Waals surface area (Å²) in [5.74, 6) is 0.251. The maximum absolute atomic E-state index is 11.8. The highest BCUT2D eigenvalue weighted by Crippen LogP contribution is 2.08. The van der Waals surface area contributed by atoms with Crippen LogP contribution in [0.1, 0.15) is 10.4 Å². The minimum absolute atomic E-state index is 0.00615. The Kier molecular flexibility index (Phi) is 6.30. The molecule has 0 aliphatic rings. The van der Waals surface area contributed by atoms with Gasteiger partial charge in [-0.05, 0) is 0 Å². The molecule has 18 heavy (non-hydrogen) atoms. The average Bonchev–Trinajstić information content (AvgIpc) is 2.42. The number of nitrogens with one attached hydrogen (secondary N) is 1. The van der Waals surface area contributed by atoms with Crippen LogP contribution < -0.4 is 5.32 Å². The molecular weight excluding hydrogens is 246 g/mol. The molecule has 1 N–H and O–H groups in total. The average molecular weight is 259 g/mol. The van der Waals surface area contributed by atoms with Gasteiger partial charge in [-0.25, -0.2) is 0 Å². The summed E-state index contributed by atoms with van der Waals surface area (Å²) in [5.41, 5.74) is 0.657. The van der Waals surface area contributed by atoms with Crippen molar-refractivity contribution in [3.05, 3.63) is 48.6 Å². The molecule has 0 aliphatic carbocycles. The lowest BCUT2D eigenvalue weighted by Crippen LogP contribution is -2.17. The fourth-order valence-corrected chi connectivity index (χ4v) is 1.88. The molecule has 0 aromatic heterocycles. The summed E-state index contributed by atoms with van der Waals surface area (Å²) in [4.78, 5) is 15.9. The van der Waals surface area contributed by atoms with Crippen LogP contribution in [0, 0.1) is 11.5 Å². The van der Waals surface area contributed by atoms with E-state index >= 15 is 0 Å². The Balaban J connectivity index is 2.55. The zero-order chi connectivity index (χ0) is 13.2. The van der Waals surface area contributed by atoms with Crippen molar-refractivity contribution in [2.75, 3.05) is 12.3 Å². The Hall–Kier alpha value is -2.06. The van der Waals surface area contributed by atoms with Crippen LogP contribution in [0.4, 0.5) is 0 Å². The van der Waals surface area contributed by atoms with Crippen molar-refractivity contribution in [1.29, 1.82) is 5.26 Å². The highest BCUT2D eigenvalue weighted by molar-refractivity contribution is 8.14. The number of nitriles is 1. The second-order valence-corrected chi connectivity index (χ2v) is 4.21. The van der Waals surface area contributed by atoms with Gasteiger partial charge in [0.15, 0.2) is 17.1 Å². The number of carbonyl (C=O) groups excluding carboxylic acids is 1. The van der Waals surface area contributed by atoms with Crippen LogP contribution in [0.3, 0.4) is 0 Å². The molecule has 0 unspecified atom stereocenters. The summed E-state index contributed by atoms with van der Waals surface area (Å²) >= 11 is 1.21. The Morgan fingerprint density at radius 1 is 1.50 bits per heavy atom. The molecule has 0 amide bonds. The minimum Gasteiger partial charge on any atom is -0.293 e. The normalized spacial score (nSPS) is 10.5. The third-order valence-electron chi connectivity index (χ3n) is 1.96. The van der Waals surface area contributed by atoms with Gasteiger partial charge in [-0.15, -0.1) is 6.58 Å². The molecule has 0 heterocycles. The number of hydrogen-bond acceptors (Lipinski definition) is 4. The second kappa shape index (κ2) is 8.09. The first-order chi connectivity index (χ1) is 8.77. The first-order valence-corrected chi connectivity index (χ1v) is 6.28. The van der Waals surface area contributed by atoms with E-state index in [0.717, 1.165) is 0 Å². The van der Waals surface area contributed by atoms with Crippen molar-refractivity contribution in [3.63, 3.8) is 0 Å². The lowest BCUT2D eigenvalue weighted by Gasteiger charge is -2.03. The summed E-state index contributed by atoms with van der Waals surface area (Å²) in [6, 6.07) is 9.02. The van der Waals surface area contributed by atoms with Gasteiger partial charge in [0.25, 0.3) is 0 Å². The number of carbonyl (C=O) groups is 1. The number of ketones is 1. The van der Waals surface area contributed by atoms with Crippen molar-refractivity contribution in [1.82, 2.24) is 5.32 Å². The van der Waals surface area contributed by atoms with Crippen LogP contribution in [0.5, 0.6) is 0 Å². The van der Waals surface area contributed by atoms with Gasteiger partial charge in [-0.3, -0.25) is 15.1 Å². The SMILES string of the molecule is C=CCN=C(NC#N)SCC(=O)c1ccccc1. The third-order valence-corrected chi connectivity index (χ3v) is 2.87. The standard InChI is InChI=1S/C13H13N3OS/c1-2-8-15-13(16-10-14)18-9-12(17)11-6-4-3-5-7-11/h2-7H,1,8-9H2,(H,15,16). The van der Waals surface area contributed by atoms with E-state index < -0.39 is 0 Å². The lowest BCUT2D eigenvalue weighted by molar-refractivity contribution is 0.102. The maximum atomic E-state index is 11.8. The molecule has 0 bridgehead atoms. The van der Waals surface area contributed by atoms with Crippen molar-refractivity contribution < 1.29 is 4.79 Å². The van der Waals surface area contributed by atoms with Gasteiger partial charge in [0.1, 0.15) is 0 Å². The molecule has 0 spiro atoms. The summed E-state index contributed by atoms with van der Waals surface area (Å²) in [7, 11) is 0. The highest BCUT2D eigenvalue weighted by atomic mass is 32.2. The van der Waals surface area contributed by atoms with Crippen molar-refractivity contribution in [3.8, 4) is 6.19 Å². The number of thioether (sulfide) groups is 1. The molecule has 1 aromatic carbocycles. The fraction of sp³-hybridized carbons (Fsp3) is 0.154. The first-order valence-electron chi connectivity index (χ1n) is 5.29. The molecule has 0 fully saturated rings. The summed E-state index contributed by atoms with van der Waals surface area (Å²) in [5, 5.41) is 11.4. The zero-order valence-corrected chi connectivity index (χ0v) is 10.6. The fourth-order valence-electron chi connectivity index (χ4n) is 1.16. The number of Topliss-reactive ketones (excluding diaryl/α,β-unsaturated/α-hetero) is 1. The molecule has 0 saturated heterocycles. The van der Waals surface area contributed by atoms with E-state index in [1.807, 2.05) is 18.2 Å². The molecule has 0 saturated carbocycles. The summed E-state index contributed by atoms with van der Waals surface area (Å²) in [6.07, 6.45) is 3.42. The monoisotopic (exact) mass is 259 g/mol. The quantitative estimate of drug-likeness (QED) is 0.220. The number of aliphatic imine (C=N–C) groups is 1. The molecule has 5 heteroatoms. The van der Waals surface area contributed by atoms with E-state index in [4.69, 9.17) is 5.26 Å². The van der Waals surface area contributed by atoms with Gasteiger partial charge in [0, 0.05) is 5.56 Å². The molecule has 0 atom stereocenters. The van der Waals surface area contributed by atoms with Crippen molar-refractivity contribution in [2.24, 2.45) is 4.99 Å². The molecule has 0 aliphatic heterocycles. The van der Waals surface area contributed by atoms with Gasteiger partial charge in [0.05, 0.1) is 12.3 Å². The topological polar surface area (TPSA) is 65.2 Å². The van der Waals surface area contributed by atoms with E-state index in [9.17, 15) is 4.79 Å². The molecule has 92 valence electrons. The molecular formula is C13H13N3OS. The predicted octanol–water partition coefficient (Wildman–Crippen LogP) is 2.22. The van der Waals surface area contributed by atoms with E-state index in [0.29, 0.717) is 17.3 Å². The Bertz CT molecular complexity index is 477. The van der Waals surface area contributed by atoms with E-state index in [2.05, 4.69) is 16.9 Å². The smallest absolute Gasteiger partial charge is 0.183 e. The maximum Gasteiger partial charge on any atom is 0.183 e. The summed E-state index contributed by atoms with van der Waals surface area (Å²) < 4.78 is 0. The summed E-state index contributed by atoms with van der Waals surface area (Å²) in [6.45, 7) is 3.95. The van der Waals surface area contributed by atoms with Crippen LogP contribution in [0.2, 0.25) is 0 Å². The number of benzene rings is 1. The minimum atomic E-state index is 0.00615. The number of rotatable bonds is 5. The molecule has 0 radical (unpaired) electrons. The van der Waals surface area contributed by atoms with Crippen LogP contribution >= 0.6 is 11.8 Å². The third kappa shape index (κ3) is 4.85. The number of nitrogens with zero attached hydrogens (tertiary/aromatic N) is 2. The van der Waals surface area contributed by atoms with Gasteiger partial charge in [0.2, 0.25) is 0 Å². The first kappa shape index (κ1) is 14.0. The Morgan fingerprint density at radius 2 is 2.22 bits per heavy atom. The van der Waals surface area contributed by atoms with Crippen molar-refractivity contribution >= 4 is 22.7 Å². The molecule has 1 aromatic rings. The van der Waals surface area contributed by atoms with Crippen LogP contribution in [0.25, 0.3) is 0 Å². The van der Waals surface area contributed by atoms with Crippen LogP contribution in [-0.4, -0.2) is 23.2 Å². The predicted molar refractivity (Wildman–Crippen MR) is 74.5 cm³/mol. The van der Waals surface area contributed by atoms with Crippen molar-refractivity contribution in [2.45, 2.75) is 0 Å². The Labute approximate surface area is 110 Å². The van der Waals surface area contributed by atoms with Crippen LogP contribution in [0.15, 0.2) is 48.0 Å². The van der Waals surface area contributed by atoms with Gasteiger partial charge in [-0.2, -0.15) is 5.26 Å². The van der Waals surface area contributed by atoms with E-state index in [1.54, 1.807) is 24.4 Å². The number of amidine groups is 1. The zero-order valence-electron chi connectivity index (χ0n) is 9.80. The van der Waals surface area contributed by atoms with Gasteiger partial charge in [-0.1, -0.05) is 48.2 Å². The second-order valence-electron chi connectivity index (χ2n) is 3.25. The van der Waals surface area contributed by atoms with Crippen LogP contribution in [-0.2, 0) is 0 Å². The molecule has 4 nitrogen and oxygen atoms in total. The molecule has 1 rings (SSSR count). The van der Waals surface area contributed by atoms with Gasteiger partial charge >= 0.3 is 0 Å².